The molecule has 2 aromatic heterocycles. The van der Waals surface area contributed by atoms with Crippen molar-refractivity contribution in [1.29, 1.82) is 0 Å². The van der Waals surface area contributed by atoms with E-state index in [1.807, 2.05) is 38.1 Å². The molecule has 2 heterocycles. The summed E-state index contributed by atoms with van der Waals surface area (Å²) in [4.78, 5) is 15.8. The highest BCUT2D eigenvalue weighted by Gasteiger charge is 2.21. The zero-order valence-electron chi connectivity index (χ0n) is 10.1. The van der Waals surface area contributed by atoms with Gasteiger partial charge in [-0.2, -0.15) is 0 Å². The molecule has 2 aromatic rings. The topological polar surface area (TPSA) is 33.5 Å². The van der Waals surface area contributed by atoms with Gasteiger partial charge < -0.3 is 9.32 Å². The van der Waals surface area contributed by atoms with E-state index in [4.69, 9.17) is 4.42 Å². The lowest BCUT2D eigenvalue weighted by Gasteiger charge is -2.22. The van der Waals surface area contributed by atoms with Crippen molar-refractivity contribution in [2.75, 3.05) is 7.05 Å². The van der Waals surface area contributed by atoms with E-state index in [0.29, 0.717) is 0 Å². The molecule has 0 aliphatic rings. The first-order valence-electron chi connectivity index (χ1n) is 5.46. The van der Waals surface area contributed by atoms with E-state index in [-0.39, 0.29) is 11.9 Å². The summed E-state index contributed by atoms with van der Waals surface area (Å²) < 4.78 is 5.32. The summed E-state index contributed by atoms with van der Waals surface area (Å²) in [6.45, 7) is 3.95. The number of amides is 1. The Morgan fingerprint density at radius 1 is 1.41 bits per heavy atom. The van der Waals surface area contributed by atoms with Crippen molar-refractivity contribution < 1.29 is 9.21 Å². The van der Waals surface area contributed by atoms with Gasteiger partial charge in [-0.05, 0) is 38.1 Å². The number of carbonyl (C=O) groups excluding carboxylic acids is 1. The standard InChI is InChI=1S/C13H15NO2S/c1-9-6-7-12(17-9)13(15)14(3)10(2)11-5-4-8-16-11/h4-8,10H,1-3H3. The Labute approximate surface area is 105 Å². The van der Waals surface area contributed by atoms with Gasteiger partial charge in [0, 0.05) is 11.9 Å². The number of hydrogen-bond acceptors (Lipinski definition) is 3. The second-order valence-corrected chi connectivity index (χ2v) is 5.31. The first kappa shape index (κ1) is 11.9. The normalized spacial score (nSPS) is 12.4. The molecule has 2 rings (SSSR count). The molecule has 0 saturated heterocycles. The smallest absolute Gasteiger partial charge is 0.264 e. The minimum absolute atomic E-state index is 0.0343. The zero-order chi connectivity index (χ0) is 12.4. The first-order chi connectivity index (χ1) is 8.09. The molecule has 1 amide bonds. The third-order valence-corrected chi connectivity index (χ3v) is 3.80. The molecule has 0 saturated carbocycles. The molecular weight excluding hydrogens is 234 g/mol. The average Bonchev–Trinajstić information content (AvgIpc) is 2.96. The minimum atomic E-state index is -0.0556. The Balaban J connectivity index is 2.15. The van der Waals surface area contributed by atoms with Crippen LogP contribution in [0.1, 0.15) is 33.3 Å². The number of nitrogens with zero attached hydrogens (tertiary/aromatic N) is 1. The largest absolute Gasteiger partial charge is 0.467 e. The lowest BCUT2D eigenvalue weighted by molar-refractivity contribution is 0.0731. The number of rotatable bonds is 3. The molecule has 0 N–H and O–H groups in total. The first-order valence-corrected chi connectivity index (χ1v) is 6.28. The quantitative estimate of drug-likeness (QED) is 0.834. The second kappa shape index (κ2) is 4.75. The fraction of sp³-hybridized carbons (Fsp3) is 0.308. The van der Waals surface area contributed by atoms with Crippen molar-refractivity contribution >= 4 is 17.2 Å². The Kier molecular flexibility index (Phi) is 3.33. The molecule has 1 unspecified atom stereocenters. The van der Waals surface area contributed by atoms with Gasteiger partial charge in [-0.3, -0.25) is 4.79 Å². The molecule has 1 atom stereocenters. The molecular formula is C13H15NO2S. The van der Waals surface area contributed by atoms with Crippen LogP contribution in [0.15, 0.2) is 34.9 Å². The van der Waals surface area contributed by atoms with Crippen LogP contribution in [0.2, 0.25) is 0 Å². The van der Waals surface area contributed by atoms with Gasteiger partial charge >= 0.3 is 0 Å². The molecule has 0 bridgehead atoms. The van der Waals surface area contributed by atoms with Crippen LogP contribution in [0.25, 0.3) is 0 Å². The summed E-state index contributed by atoms with van der Waals surface area (Å²) in [5.74, 6) is 0.834. The fourth-order valence-electron chi connectivity index (χ4n) is 1.62. The Morgan fingerprint density at radius 2 is 2.18 bits per heavy atom. The highest BCUT2D eigenvalue weighted by Crippen LogP contribution is 2.23. The van der Waals surface area contributed by atoms with Crippen molar-refractivity contribution in [2.45, 2.75) is 19.9 Å². The van der Waals surface area contributed by atoms with E-state index in [1.54, 1.807) is 18.2 Å². The summed E-state index contributed by atoms with van der Waals surface area (Å²) >= 11 is 1.52. The maximum atomic E-state index is 12.2. The van der Waals surface area contributed by atoms with Crippen LogP contribution in [-0.2, 0) is 0 Å². The van der Waals surface area contributed by atoms with Crippen LogP contribution in [-0.4, -0.2) is 17.9 Å². The third kappa shape index (κ3) is 2.42. The summed E-state index contributed by atoms with van der Waals surface area (Å²) in [5, 5.41) is 0. The summed E-state index contributed by atoms with van der Waals surface area (Å²) in [5.41, 5.74) is 0. The maximum Gasteiger partial charge on any atom is 0.264 e. The van der Waals surface area contributed by atoms with Gasteiger partial charge in [0.25, 0.3) is 5.91 Å². The number of aryl methyl sites for hydroxylation is 1. The Morgan fingerprint density at radius 3 is 2.71 bits per heavy atom. The number of carbonyl (C=O) groups is 1. The predicted molar refractivity (Wildman–Crippen MR) is 68.3 cm³/mol. The maximum absolute atomic E-state index is 12.2. The summed E-state index contributed by atoms with van der Waals surface area (Å²) in [7, 11) is 1.80. The van der Waals surface area contributed by atoms with E-state index in [2.05, 4.69) is 0 Å². The monoisotopic (exact) mass is 249 g/mol. The van der Waals surface area contributed by atoms with Crippen molar-refractivity contribution in [1.82, 2.24) is 4.90 Å². The summed E-state index contributed by atoms with van der Waals surface area (Å²) in [6.07, 6.45) is 1.62. The van der Waals surface area contributed by atoms with E-state index in [0.717, 1.165) is 15.5 Å². The third-order valence-electron chi connectivity index (χ3n) is 2.81. The van der Waals surface area contributed by atoms with Gasteiger partial charge in [-0.15, -0.1) is 11.3 Å². The summed E-state index contributed by atoms with van der Waals surface area (Å²) in [6, 6.07) is 7.49. The lowest BCUT2D eigenvalue weighted by Crippen LogP contribution is -2.28. The highest BCUT2D eigenvalue weighted by molar-refractivity contribution is 7.13. The van der Waals surface area contributed by atoms with E-state index < -0.39 is 0 Å². The molecule has 17 heavy (non-hydrogen) atoms. The zero-order valence-corrected chi connectivity index (χ0v) is 11.0. The average molecular weight is 249 g/mol. The van der Waals surface area contributed by atoms with Crippen molar-refractivity contribution in [2.24, 2.45) is 0 Å². The van der Waals surface area contributed by atoms with Gasteiger partial charge in [0.1, 0.15) is 5.76 Å². The highest BCUT2D eigenvalue weighted by atomic mass is 32.1. The Bertz CT molecular complexity index is 501. The van der Waals surface area contributed by atoms with Crippen molar-refractivity contribution in [3.8, 4) is 0 Å². The predicted octanol–water partition coefficient (Wildman–Crippen LogP) is 3.48. The minimum Gasteiger partial charge on any atom is -0.467 e. The molecule has 0 aliphatic heterocycles. The molecule has 0 radical (unpaired) electrons. The molecule has 0 fully saturated rings. The lowest BCUT2D eigenvalue weighted by atomic mass is 10.2. The van der Waals surface area contributed by atoms with Crippen molar-refractivity contribution in [3.05, 3.63) is 46.0 Å². The van der Waals surface area contributed by atoms with Gasteiger partial charge in [0.15, 0.2) is 0 Å². The fourth-order valence-corrected chi connectivity index (χ4v) is 2.47. The molecule has 90 valence electrons. The van der Waals surface area contributed by atoms with Crippen molar-refractivity contribution in [3.63, 3.8) is 0 Å². The SMILES string of the molecule is Cc1ccc(C(=O)N(C)C(C)c2ccco2)s1. The molecule has 4 heteroatoms. The van der Waals surface area contributed by atoms with Crippen LogP contribution in [0, 0.1) is 6.92 Å². The molecule has 0 aromatic carbocycles. The number of furan rings is 1. The van der Waals surface area contributed by atoms with Gasteiger partial charge in [-0.1, -0.05) is 0 Å². The van der Waals surface area contributed by atoms with Crippen LogP contribution in [0.4, 0.5) is 0 Å². The van der Waals surface area contributed by atoms with E-state index in [9.17, 15) is 4.79 Å². The van der Waals surface area contributed by atoms with Crippen LogP contribution in [0.3, 0.4) is 0 Å². The van der Waals surface area contributed by atoms with Crippen LogP contribution < -0.4 is 0 Å². The van der Waals surface area contributed by atoms with Gasteiger partial charge in [0.2, 0.25) is 0 Å². The second-order valence-electron chi connectivity index (χ2n) is 4.02. The van der Waals surface area contributed by atoms with Crippen LogP contribution >= 0.6 is 11.3 Å². The van der Waals surface area contributed by atoms with E-state index >= 15 is 0 Å². The van der Waals surface area contributed by atoms with Crippen LogP contribution in [0.5, 0.6) is 0 Å². The molecule has 0 aliphatic carbocycles. The van der Waals surface area contributed by atoms with E-state index in [1.165, 1.54) is 11.3 Å². The number of thiophene rings is 1. The van der Waals surface area contributed by atoms with Gasteiger partial charge in [0.05, 0.1) is 17.2 Å². The molecule has 3 nitrogen and oxygen atoms in total. The molecule has 0 spiro atoms. The van der Waals surface area contributed by atoms with Gasteiger partial charge in [-0.25, -0.2) is 0 Å². The Hall–Kier alpha value is -1.55. The number of hydrogen-bond donors (Lipinski definition) is 0.